The molecule has 1 aromatic rings. The number of rotatable bonds is 4. The largest absolute Gasteiger partial charge is 0.349 e. The molecule has 1 saturated heterocycles. The molecule has 2 fully saturated rings. The lowest BCUT2D eigenvalue weighted by atomic mass is 9.65. The number of piperidine rings is 1. The lowest BCUT2D eigenvalue weighted by Crippen LogP contribution is -2.41. The summed E-state index contributed by atoms with van der Waals surface area (Å²) in [6.07, 6.45) is 8.23. The van der Waals surface area contributed by atoms with Gasteiger partial charge in [-0.15, -0.1) is 0 Å². The zero-order chi connectivity index (χ0) is 17.9. The summed E-state index contributed by atoms with van der Waals surface area (Å²) in [7, 11) is 3.70. The van der Waals surface area contributed by atoms with Crippen LogP contribution >= 0.6 is 0 Å². The summed E-state index contributed by atoms with van der Waals surface area (Å²) in [6.45, 7) is 3.20. The first-order valence-corrected chi connectivity index (χ1v) is 9.63. The third-order valence-electron chi connectivity index (χ3n) is 6.36. The minimum absolute atomic E-state index is 0.161. The molecule has 1 aliphatic heterocycles. The van der Waals surface area contributed by atoms with Crippen molar-refractivity contribution in [1.82, 2.24) is 9.80 Å². The monoisotopic (exact) mass is 346 g/mol. The Kier molecular flexibility index (Phi) is 5.78. The molecule has 0 bridgehead atoms. The zero-order valence-corrected chi connectivity index (χ0v) is 15.6. The van der Waals surface area contributed by atoms with E-state index < -0.39 is 0 Å². The molecule has 138 valence electrons. The van der Waals surface area contributed by atoms with Gasteiger partial charge in [0.2, 0.25) is 5.91 Å². The smallest absolute Gasteiger partial charge is 0.222 e. The number of carbonyl (C=O) groups is 1. The van der Waals surface area contributed by atoms with Crippen molar-refractivity contribution in [2.75, 3.05) is 27.2 Å². The molecule has 1 amide bonds. The molecule has 3 rings (SSSR count). The molecule has 3 nitrogen and oxygen atoms in total. The van der Waals surface area contributed by atoms with Gasteiger partial charge in [0.1, 0.15) is 5.82 Å². The summed E-state index contributed by atoms with van der Waals surface area (Å²) in [4.78, 5) is 16.1. The number of halogens is 1. The van der Waals surface area contributed by atoms with Crippen molar-refractivity contribution in [3.63, 3.8) is 0 Å². The summed E-state index contributed by atoms with van der Waals surface area (Å²) < 4.78 is 13.0. The molecular weight excluding hydrogens is 315 g/mol. The van der Waals surface area contributed by atoms with Crippen LogP contribution in [0.15, 0.2) is 24.3 Å². The van der Waals surface area contributed by atoms with Crippen molar-refractivity contribution in [3.05, 3.63) is 35.6 Å². The number of hydrogen-bond acceptors (Lipinski definition) is 2. The van der Waals surface area contributed by atoms with Crippen LogP contribution in [0.1, 0.15) is 50.5 Å². The van der Waals surface area contributed by atoms with E-state index in [2.05, 4.69) is 4.90 Å². The van der Waals surface area contributed by atoms with Gasteiger partial charge in [0.25, 0.3) is 0 Å². The van der Waals surface area contributed by atoms with E-state index in [4.69, 9.17) is 0 Å². The highest BCUT2D eigenvalue weighted by Gasteiger charge is 2.38. The topological polar surface area (TPSA) is 23.6 Å². The van der Waals surface area contributed by atoms with Crippen molar-refractivity contribution < 1.29 is 9.18 Å². The van der Waals surface area contributed by atoms with Crippen LogP contribution in [0, 0.1) is 17.2 Å². The number of amides is 1. The van der Waals surface area contributed by atoms with E-state index in [1.807, 2.05) is 26.2 Å². The first-order valence-electron chi connectivity index (χ1n) is 9.63. The van der Waals surface area contributed by atoms with Crippen molar-refractivity contribution in [2.45, 2.75) is 51.5 Å². The molecule has 4 heteroatoms. The van der Waals surface area contributed by atoms with Crippen LogP contribution in [0.3, 0.4) is 0 Å². The second-order valence-electron chi connectivity index (χ2n) is 8.34. The van der Waals surface area contributed by atoms with E-state index in [-0.39, 0.29) is 11.7 Å². The molecule has 2 aliphatic rings. The average Bonchev–Trinajstić information content (AvgIpc) is 2.61. The van der Waals surface area contributed by atoms with Crippen molar-refractivity contribution in [1.29, 1.82) is 0 Å². The van der Waals surface area contributed by atoms with E-state index in [0.717, 1.165) is 26.1 Å². The quantitative estimate of drug-likeness (QED) is 0.820. The molecule has 1 heterocycles. The van der Waals surface area contributed by atoms with Gasteiger partial charge in [-0.1, -0.05) is 12.1 Å². The Morgan fingerprint density at radius 1 is 1.12 bits per heavy atom. The second-order valence-corrected chi connectivity index (χ2v) is 8.34. The molecule has 1 aromatic carbocycles. The summed E-state index contributed by atoms with van der Waals surface area (Å²) in [6, 6.07) is 6.90. The van der Waals surface area contributed by atoms with Gasteiger partial charge in [-0.25, -0.2) is 4.39 Å². The van der Waals surface area contributed by atoms with Crippen LogP contribution in [0.5, 0.6) is 0 Å². The maximum Gasteiger partial charge on any atom is 0.222 e. The predicted molar refractivity (Wildman–Crippen MR) is 98.6 cm³/mol. The highest BCUT2D eigenvalue weighted by atomic mass is 19.1. The molecule has 1 saturated carbocycles. The zero-order valence-electron chi connectivity index (χ0n) is 15.6. The average molecular weight is 346 g/mol. The minimum atomic E-state index is -0.161. The van der Waals surface area contributed by atoms with E-state index in [1.54, 1.807) is 17.0 Å². The van der Waals surface area contributed by atoms with Crippen LogP contribution in [-0.4, -0.2) is 42.9 Å². The van der Waals surface area contributed by atoms with Crippen LogP contribution in [-0.2, 0) is 11.3 Å². The van der Waals surface area contributed by atoms with Crippen LogP contribution in [0.25, 0.3) is 0 Å². The van der Waals surface area contributed by atoms with Gasteiger partial charge in [0.05, 0.1) is 0 Å². The predicted octanol–water partition coefficient (Wildman–Crippen LogP) is 4.08. The van der Waals surface area contributed by atoms with Gasteiger partial charge in [-0.05, 0) is 80.6 Å². The fourth-order valence-corrected chi connectivity index (χ4v) is 4.46. The van der Waals surface area contributed by atoms with Crippen molar-refractivity contribution >= 4 is 5.91 Å². The van der Waals surface area contributed by atoms with Gasteiger partial charge in [-0.3, -0.25) is 9.69 Å². The molecule has 1 aliphatic carbocycles. The number of carbonyl (C=O) groups excluding carboxylic acids is 1. The van der Waals surface area contributed by atoms with Crippen LogP contribution < -0.4 is 0 Å². The Balaban J connectivity index is 1.44. The Morgan fingerprint density at radius 2 is 1.72 bits per heavy atom. The summed E-state index contributed by atoms with van der Waals surface area (Å²) in [5.74, 6) is 0.693. The molecule has 0 N–H and O–H groups in total. The summed E-state index contributed by atoms with van der Waals surface area (Å²) in [5, 5.41) is 0. The van der Waals surface area contributed by atoms with E-state index in [1.165, 1.54) is 44.1 Å². The maximum atomic E-state index is 13.0. The van der Waals surface area contributed by atoms with E-state index in [0.29, 0.717) is 11.3 Å². The fraction of sp³-hybridized carbons (Fsp3) is 0.667. The molecule has 0 atom stereocenters. The first-order chi connectivity index (χ1) is 12.0. The van der Waals surface area contributed by atoms with E-state index >= 15 is 0 Å². The third kappa shape index (κ3) is 4.81. The van der Waals surface area contributed by atoms with Crippen LogP contribution in [0.4, 0.5) is 4.39 Å². The van der Waals surface area contributed by atoms with Crippen molar-refractivity contribution in [3.8, 4) is 0 Å². The number of likely N-dealkylation sites (tertiary alicyclic amines) is 1. The second kappa shape index (κ2) is 7.86. The number of nitrogens with zero attached hydrogens (tertiary/aromatic N) is 2. The standard InChI is InChI=1S/C21H31FN2O/c1-23(2)20(25)15-17-7-9-21(10-8-17)11-13-24(14-12-21)16-18-3-5-19(22)6-4-18/h3-6,17H,7-16H2,1-2H3. The molecule has 25 heavy (non-hydrogen) atoms. The Labute approximate surface area is 151 Å². The molecular formula is C21H31FN2O. The molecule has 0 radical (unpaired) electrons. The highest BCUT2D eigenvalue weighted by Crippen LogP contribution is 2.47. The van der Waals surface area contributed by atoms with E-state index in [9.17, 15) is 9.18 Å². The molecule has 0 unspecified atom stereocenters. The lowest BCUT2D eigenvalue weighted by Gasteiger charge is -2.46. The number of benzene rings is 1. The molecule has 1 spiro atoms. The first kappa shape index (κ1) is 18.4. The van der Waals surface area contributed by atoms with Gasteiger partial charge in [0, 0.05) is 27.1 Å². The number of hydrogen-bond donors (Lipinski definition) is 0. The third-order valence-corrected chi connectivity index (χ3v) is 6.36. The van der Waals surface area contributed by atoms with Gasteiger partial charge >= 0.3 is 0 Å². The Bertz CT molecular complexity index is 566. The summed E-state index contributed by atoms with van der Waals surface area (Å²) >= 11 is 0. The highest BCUT2D eigenvalue weighted by molar-refractivity contribution is 5.75. The Morgan fingerprint density at radius 3 is 2.28 bits per heavy atom. The maximum absolute atomic E-state index is 13.0. The van der Waals surface area contributed by atoms with Gasteiger partial charge in [0.15, 0.2) is 0 Å². The van der Waals surface area contributed by atoms with Crippen molar-refractivity contribution in [2.24, 2.45) is 11.3 Å². The summed E-state index contributed by atoms with van der Waals surface area (Å²) in [5.41, 5.74) is 1.71. The normalized spacial score (nSPS) is 21.4. The molecule has 0 aromatic heterocycles. The fourth-order valence-electron chi connectivity index (χ4n) is 4.46. The van der Waals surface area contributed by atoms with Gasteiger partial charge in [-0.2, -0.15) is 0 Å². The van der Waals surface area contributed by atoms with Crippen LogP contribution in [0.2, 0.25) is 0 Å². The van der Waals surface area contributed by atoms with Gasteiger partial charge < -0.3 is 4.90 Å². The SMILES string of the molecule is CN(C)C(=O)CC1CCC2(CC1)CCN(Cc1ccc(F)cc1)CC2. The minimum Gasteiger partial charge on any atom is -0.349 e. The Hall–Kier alpha value is -1.42. The lowest BCUT2D eigenvalue weighted by molar-refractivity contribution is -0.130.